The molecule has 6 heteroatoms. The predicted octanol–water partition coefficient (Wildman–Crippen LogP) is 1.74. The highest BCUT2D eigenvalue weighted by Crippen LogP contribution is 2.53. The van der Waals surface area contributed by atoms with E-state index in [-0.39, 0.29) is 11.8 Å². The van der Waals surface area contributed by atoms with Crippen LogP contribution < -0.4 is 5.32 Å². The highest BCUT2D eigenvalue weighted by molar-refractivity contribution is 5.97. The number of amides is 2. The van der Waals surface area contributed by atoms with Crippen LogP contribution in [0.2, 0.25) is 0 Å². The number of likely N-dealkylation sites (tertiary alicyclic amines) is 1. The van der Waals surface area contributed by atoms with Crippen molar-refractivity contribution in [2.24, 2.45) is 5.41 Å². The van der Waals surface area contributed by atoms with E-state index < -0.39 is 6.04 Å². The van der Waals surface area contributed by atoms with Crippen LogP contribution in [0, 0.1) is 5.41 Å². The second kappa shape index (κ2) is 5.35. The molecule has 1 atom stereocenters. The Morgan fingerprint density at radius 3 is 2.57 bits per heavy atom. The van der Waals surface area contributed by atoms with Crippen molar-refractivity contribution >= 4 is 11.8 Å². The first-order chi connectivity index (χ1) is 11.1. The van der Waals surface area contributed by atoms with E-state index in [0.29, 0.717) is 17.0 Å². The summed E-state index contributed by atoms with van der Waals surface area (Å²) in [6.07, 6.45) is 10.5. The molecular weight excluding hydrogens is 292 g/mol. The molecule has 23 heavy (non-hydrogen) atoms. The molecule has 4 rings (SSSR count). The lowest BCUT2D eigenvalue weighted by molar-refractivity contribution is -0.134. The fraction of sp³-hybridized carbons (Fsp3) is 0.706. The van der Waals surface area contributed by atoms with Gasteiger partial charge in [0.15, 0.2) is 0 Å². The lowest BCUT2D eigenvalue weighted by atomic mass is 9.93. The lowest BCUT2D eigenvalue weighted by Gasteiger charge is -2.33. The smallest absolute Gasteiger partial charge is 0.255 e. The van der Waals surface area contributed by atoms with Crippen LogP contribution in [0.1, 0.15) is 61.8 Å². The van der Waals surface area contributed by atoms with Gasteiger partial charge >= 0.3 is 0 Å². The molecule has 0 aromatic carbocycles. The zero-order chi connectivity index (χ0) is 16.0. The number of hydrogen-bond donors (Lipinski definition) is 1. The molecule has 0 bridgehead atoms. The molecule has 2 amide bonds. The van der Waals surface area contributed by atoms with Gasteiger partial charge in [0, 0.05) is 19.3 Å². The molecule has 1 aromatic heterocycles. The van der Waals surface area contributed by atoms with Crippen molar-refractivity contribution in [3.8, 4) is 0 Å². The Morgan fingerprint density at radius 1 is 1.26 bits per heavy atom. The monoisotopic (exact) mass is 316 g/mol. The molecule has 2 heterocycles. The SMILES string of the molecule is C[C@@H](NC(=O)c1cnn(C2CC2)c1)C(=O)N1CCC2(CC1)CC2. The third kappa shape index (κ3) is 2.99. The average molecular weight is 316 g/mol. The molecule has 2 saturated carbocycles. The summed E-state index contributed by atoms with van der Waals surface area (Å²) in [7, 11) is 0. The van der Waals surface area contributed by atoms with Crippen molar-refractivity contribution in [2.45, 2.75) is 57.5 Å². The van der Waals surface area contributed by atoms with Gasteiger partial charge in [0.25, 0.3) is 5.91 Å². The maximum absolute atomic E-state index is 12.5. The maximum Gasteiger partial charge on any atom is 0.255 e. The Hall–Kier alpha value is -1.85. The molecule has 1 N–H and O–H groups in total. The van der Waals surface area contributed by atoms with Crippen molar-refractivity contribution in [1.82, 2.24) is 20.0 Å². The first-order valence-electron chi connectivity index (χ1n) is 8.70. The first-order valence-corrected chi connectivity index (χ1v) is 8.70. The average Bonchev–Trinajstić information content (AvgIpc) is 3.48. The minimum absolute atomic E-state index is 0.0310. The van der Waals surface area contributed by atoms with E-state index in [2.05, 4.69) is 10.4 Å². The summed E-state index contributed by atoms with van der Waals surface area (Å²) in [4.78, 5) is 26.7. The molecule has 0 unspecified atom stereocenters. The van der Waals surface area contributed by atoms with E-state index in [1.165, 1.54) is 12.8 Å². The predicted molar refractivity (Wildman–Crippen MR) is 84.9 cm³/mol. The van der Waals surface area contributed by atoms with Crippen LogP contribution in [-0.4, -0.2) is 45.6 Å². The summed E-state index contributed by atoms with van der Waals surface area (Å²) in [5, 5.41) is 7.04. The van der Waals surface area contributed by atoms with Crippen LogP contribution in [0.25, 0.3) is 0 Å². The van der Waals surface area contributed by atoms with Gasteiger partial charge in [-0.25, -0.2) is 0 Å². The summed E-state index contributed by atoms with van der Waals surface area (Å²) in [6, 6.07) is -0.0290. The largest absolute Gasteiger partial charge is 0.341 e. The molecule has 1 spiro atoms. The van der Waals surface area contributed by atoms with E-state index in [4.69, 9.17) is 0 Å². The number of piperidine rings is 1. The summed E-state index contributed by atoms with van der Waals surface area (Å²) >= 11 is 0. The molecule has 6 nitrogen and oxygen atoms in total. The van der Waals surface area contributed by atoms with E-state index in [1.54, 1.807) is 19.3 Å². The second-order valence-electron chi connectivity index (χ2n) is 7.46. The molecule has 0 radical (unpaired) electrons. The number of aromatic nitrogens is 2. The molecule has 1 saturated heterocycles. The molecule has 1 aromatic rings. The second-order valence-corrected chi connectivity index (χ2v) is 7.46. The van der Waals surface area contributed by atoms with Crippen molar-refractivity contribution in [3.63, 3.8) is 0 Å². The van der Waals surface area contributed by atoms with E-state index in [1.807, 2.05) is 9.58 Å². The van der Waals surface area contributed by atoms with Crippen LogP contribution >= 0.6 is 0 Å². The van der Waals surface area contributed by atoms with Gasteiger partial charge in [-0.1, -0.05) is 0 Å². The van der Waals surface area contributed by atoms with Crippen LogP contribution in [-0.2, 0) is 4.79 Å². The van der Waals surface area contributed by atoms with Gasteiger partial charge in [0.1, 0.15) is 6.04 Å². The van der Waals surface area contributed by atoms with Crippen molar-refractivity contribution < 1.29 is 9.59 Å². The van der Waals surface area contributed by atoms with Crippen LogP contribution in [0.4, 0.5) is 0 Å². The number of hydrogen-bond acceptors (Lipinski definition) is 3. The Balaban J connectivity index is 1.31. The minimum atomic E-state index is -0.486. The quantitative estimate of drug-likeness (QED) is 0.920. The molecule has 3 fully saturated rings. The summed E-state index contributed by atoms with van der Waals surface area (Å²) in [6.45, 7) is 3.43. The summed E-state index contributed by atoms with van der Waals surface area (Å²) < 4.78 is 1.85. The Morgan fingerprint density at radius 2 is 1.96 bits per heavy atom. The van der Waals surface area contributed by atoms with Gasteiger partial charge in [-0.05, 0) is 50.9 Å². The number of carbonyl (C=O) groups is 2. The zero-order valence-electron chi connectivity index (χ0n) is 13.6. The minimum Gasteiger partial charge on any atom is -0.341 e. The molecule has 2 aliphatic carbocycles. The number of nitrogens with one attached hydrogen (secondary N) is 1. The van der Waals surface area contributed by atoms with Gasteiger partial charge < -0.3 is 10.2 Å². The fourth-order valence-electron chi connectivity index (χ4n) is 3.49. The Kier molecular flexibility index (Phi) is 3.43. The van der Waals surface area contributed by atoms with Crippen molar-refractivity contribution in [3.05, 3.63) is 18.0 Å². The first kappa shape index (κ1) is 14.7. The third-order valence-corrected chi connectivity index (χ3v) is 5.60. The van der Waals surface area contributed by atoms with E-state index in [9.17, 15) is 9.59 Å². The summed E-state index contributed by atoms with van der Waals surface area (Å²) in [5.41, 5.74) is 1.09. The normalized spacial score (nSPS) is 23.6. The fourth-order valence-corrected chi connectivity index (χ4v) is 3.49. The van der Waals surface area contributed by atoms with Crippen molar-refractivity contribution in [1.29, 1.82) is 0 Å². The van der Waals surface area contributed by atoms with Gasteiger partial charge in [0.05, 0.1) is 17.8 Å². The van der Waals surface area contributed by atoms with Crippen LogP contribution in [0.3, 0.4) is 0 Å². The molecule has 124 valence electrons. The Labute approximate surface area is 136 Å². The maximum atomic E-state index is 12.5. The highest BCUT2D eigenvalue weighted by atomic mass is 16.2. The molecule has 3 aliphatic rings. The molecular formula is C17H24N4O2. The third-order valence-electron chi connectivity index (χ3n) is 5.60. The molecule has 1 aliphatic heterocycles. The van der Waals surface area contributed by atoms with Gasteiger partial charge in [-0.3, -0.25) is 14.3 Å². The number of nitrogens with zero attached hydrogens (tertiary/aromatic N) is 3. The zero-order valence-corrected chi connectivity index (χ0v) is 13.6. The number of rotatable bonds is 4. The topological polar surface area (TPSA) is 67.2 Å². The van der Waals surface area contributed by atoms with Gasteiger partial charge in [-0.15, -0.1) is 0 Å². The van der Waals surface area contributed by atoms with Gasteiger partial charge in [0.2, 0.25) is 5.91 Å². The highest BCUT2D eigenvalue weighted by Gasteiger charge is 2.45. The summed E-state index contributed by atoms with van der Waals surface area (Å²) in [5.74, 6) is -0.183. The van der Waals surface area contributed by atoms with Crippen LogP contribution in [0.15, 0.2) is 12.4 Å². The van der Waals surface area contributed by atoms with E-state index in [0.717, 1.165) is 38.8 Å². The standard InChI is InChI=1S/C17H24N4O2/c1-12(16(23)20-8-6-17(4-5-17)7-9-20)19-15(22)13-10-18-21(11-13)14-2-3-14/h10-12,14H,2-9H2,1H3,(H,19,22)/t12-/m1/s1. The van der Waals surface area contributed by atoms with Crippen molar-refractivity contribution in [2.75, 3.05) is 13.1 Å². The lowest BCUT2D eigenvalue weighted by Crippen LogP contribution is -2.49. The van der Waals surface area contributed by atoms with Crippen LogP contribution in [0.5, 0.6) is 0 Å². The van der Waals surface area contributed by atoms with Gasteiger partial charge in [-0.2, -0.15) is 5.10 Å². The number of carbonyl (C=O) groups excluding carboxylic acids is 2. The Bertz CT molecular complexity index is 620. The van der Waals surface area contributed by atoms with E-state index >= 15 is 0 Å².